The van der Waals surface area contributed by atoms with Gasteiger partial charge < -0.3 is 14.7 Å². The zero-order chi connectivity index (χ0) is 29.2. The van der Waals surface area contributed by atoms with Gasteiger partial charge in [0.15, 0.2) is 6.10 Å². The van der Waals surface area contributed by atoms with Gasteiger partial charge in [-0.3, -0.25) is 0 Å². The first kappa shape index (κ1) is 30.1. The Kier molecular flexibility index (Phi) is 8.44. The normalized spacial score (nSPS) is 13.7. The predicted molar refractivity (Wildman–Crippen MR) is 122 cm³/mol. The summed E-state index contributed by atoms with van der Waals surface area (Å²) < 4.78 is 139. The van der Waals surface area contributed by atoms with Crippen molar-refractivity contribution in [1.29, 1.82) is 0 Å². The highest BCUT2D eigenvalue weighted by atomic mass is 19.4. The summed E-state index contributed by atoms with van der Waals surface area (Å²) in [4.78, 5) is 0.903. The van der Waals surface area contributed by atoms with Gasteiger partial charge in [0.05, 0.1) is 6.54 Å². The number of hydrogen-bond acceptors (Lipinski definition) is 3. The van der Waals surface area contributed by atoms with Crippen LogP contribution in [0.1, 0.15) is 16.7 Å². The number of halogens is 10. The molecule has 0 radical (unpaired) electrons. The standard InChI is InChI=1S/C26H21F10NO2/c1-16-5-2-9-20(11-16)39-21-10-4-8-19(13-21)37(15-22(38)24(29,30)31)14-17-6-3-7-18(12-17)23(27,28)25(32,33)26(34,35)36/h2-13,22,38H,14-15H2,1H3. The molecule has 0 bridgehead atoms. The fourth-order valence-electron chi connectivity index (χ4n) is 3.58. The Balaban J connectivity index is 1.97. The first-order valence-corrected chi connectivity index (χ1v) is 11.2. The quantitative estimate of drug-likeness (QED) is 0.265. The van der Waals surface area contributed by atoms with Gasteiger partial charge in [-0.05, 0) is 48.4 Å². The number of ether oxygens (including phenoxy) is 1. The van der Waals surface area contributed by atoms with Crippen LogP contribution >= 0.6 is 0 Å². The Bertz CT molecular complexity index is 1270. The van der Waals surface area contributed by atoms with Crippen molar-refractivity contribution >= 4 is 5.69 Å². The zero-order valence-electron chi connectivity index (χ0n) is 20.0. The number of aliphatic hydroxyl groups excluding tert-OH is 1. The highest BCUT2D eigenvalue weighted by molar-refractivity contribution is 5.52. The number of hydrogen-bond donors (Lipinski definition) is 1. The van der Waals surface area contributed by atoms with Gasteiger partial charge in [0.1, 0.15) is 11.5 Å². The average Bonchev–Trinajstić information content (AvgIpc) is 2.82. The summed E-state index contributed by atoms with van der Waals surface area (Å²) in [7, 11) is 0. The van der Waals surface area contributed by atoms with Gasteiger partial charge in [-0.25, -0.2) is 0 Å². The van der Waals surface area contributed by atoms with E-state index >= 15 is 0 Å². The molecule has 0 aliphatic heterocycles. The second-order valence-electron chi connectivity index (χ2n) is 8.70. The van der Waals surface area contributed by atoms with E-state index in [0.717, 1.165) is 22.6 Å². The van der Waals surface area contributed by atoms with E-state index < -0.39 is 49.0 Å². The van der Waals surface area contributed by atoms with Gasteiger partial charge in [0.25, 0.3) is 0 Å². The van der Waals surface area contributed by atoms with Gasteiger partial charge in [0, 0.05) is 23.9 Å². The van der Waals surface area contributed by atoms with E-state index in [1.807, 2.05) is 0 Å². The summed E-state index contributed by atoms with van der Waals surface area (Å²) >= 11 is 0. The fraction of sp³-hybridized carbons (Fsp3) is 0.308. The Labute approximate surface area is 216 Å². The Morgan fingerprint density at radius 1 is 0.769 bits per heavy atom. The molecule has 3 aromatic rings. The maximum atomic E-state index is 14.2. The largest absolute Gasteiger partial charge is 0.460 e. The van der Waals surface area contributed by atoms with E-state index in [2.05, 4.69) is 0 Å². The Hall–Kier alpha value is -3.48. The molecule has 1 N–H and O–H groups in total. The third kappa shape index (κ3) is 6.94. The van der Waals surface area contributed by atoms with Crippen molar-refractivity contribution in [2.75, 3.05) is 11.4 Å². The van der Waals surface area contributed by atoms with Crippen molar-refractivity contribution in [3.8, 4) is 11.5 Å². The van der Waals surface area contributed by atoms with Crippen molar-refractivity contribution in [1.82, 2.24) is 0 Å². The first-order valence-electron chi connectivity index (χ1n) is 11.2. The summed E-state index contributed by atoms with van der Waals surface area (Å²) in [6.45, 7) is 0.0189. The minimum atomic E-state index is -6.56. The minimum Gasteiger partial charge on any atom is -0.457 e. The molecule has 0 aliphatic rings. The van der Waals surface area contributed by atoms with Crippen molar-refractivity contribution in [2.24, 2.45) is 0 Å². The molecular weight excluding hydrogens is 548 g/mol. The number of alkyl halides is 10. The van der Waals surface area contributed by atoms with Crippen LogP contribution in [-0.4, -0.2) is 36.0 Å². The maximum Gasteiger partial charge on any atom is 0.460 e. The lowest BCUT2D eigenvalue weighted by molar-refractivity contribution is -0.359. The smallest absolute Gasteiger partial charge is 0.457 e. The van der Waals surface area contributed by atoms with E-state index in [1.54, 1.807) is 31.2 Å². The molecule has 13 heteroatoms. The van der Waals surface area contributed by atoms with E-state index in [0.29, 0.717) is 17.9 Å². The summed E-state index contributed by atoms with van der Waals surface area (Å²) in [6, 6.07) is 14.8. The Morgan fingerprint density at radius 2 is 1.36 bits per heavy atom. The van der Waals surface area contributed by atoms with E-state index in [9.17, 15) is 49.0 Å². The number of aliphatic hydroxyl groups is 1. The molecule has 1 atom stereocenters. The van der Waals surface area contributed by atoms with Crippen LogP contribution in [0.15, 0.2) is 72.8 Å². The van der Waals surface area contributed by atoms with Crippen LogP contribution in [0, 0.1) is 6.92 Å². The third-order valence-corrected chi connectivity index (χ3v) is 5.59. The molecule has 212 valence electrons. The molecule has 3 nitrogen and oxygen atoms in total. The number of anilines is 1. The second kappa shape index (κ2) is 10.9. The van der Waals surface area contributed by atoms with Gasteiger partial charge in [0.2, 0.25) is 0 Å². The topological polar surface area (TPSA) is 32.7 Å². The number of rotatable bonds is 9. The number of nitrogens with zero attached hydrogens (tertiary/aromatic N) is 1. The van der Waals surface area contributed by atoms with Crippen LogP contribution in [-0.2, 0) is 12.5 Å². The summed E-state index contributed by atoms with van der Waals surface area (Å²) in [5.74, 6) is -11.5. The average molecular weight is 569 g/mol. The summed E-state index contributed by atoms with van der Waals surface area (Å²) in [6.07, 6.45) is -14.5. The molecule has 1 unspecified atom stereocenters. The first-order chi connectivity index (χ1) is 17.9. The van der Waals surface area contributed by atoms with Crippen LogP contribution in [0.5, 0.6) is 11.5 Å². The van der Waals surface area contributed by atoms with Crippen LogP contribution in [0.3, 0.4) is 0 Å². The van der Waals surface area contributed by atoms with E-state index in [-0.39, 0.29) is 17.0 Å². The van der Waals surface area contributed by atoms with E-state index in [1.165, 1.54) is 24.3 Å². The molecule has 0 aliphatic carbocycles. The van der Waals surface area contributed by atoms with Gasteiger partial charge >= 0.3 is 24.2 Å². The molecule has 39 heavy (non-hydrogen) atoms. The molecule has 0 saturated carbocycles. The highest BCUT2D eigenvalue weighted by Crippen LogP contribution is 2.51. The van der Waals surface area contributed by atoms with E-state index in [4.69, 9.17) is 4.74 Å². The monoisotopic (exact) mass is 569 g/mol. The van der Waals surface area contributed by atoms with Crippen LogP contribution in [0.2, 0.25) is 0 Å². The minimum absolute atomic E-state index is 0.0150. The summed E-state index contributed by atoms with van der Waals surface area (Å²) in [5.41, 5.74) is -1.13. The number of aryl methyl sites for hydroxylation is 1. The molecule has 0 heterocycles. The van der Waals surface area contributed by atoms with Gasteiger partial charge in [-0.1, -0.05) is 36.4 Å². The van der Waals surface area contributed by atoms with Crippen molar-refractivity contribution in [3.05, 3.63) is 89.5 Å². The molecule has 0 aromatic heterocycles. The SMILES string of the molecule is Cc1cccc(Oc2cccc(N(Cc3cccc(C(F)(F)C(F)(F)C(F)(F)F)c3)CC(O)C(F)(F)F)c2)c1. The predicted octanol–water partition coefficient (Wildman–Crippen LogP) is 8.01. The Morgan fingerprint density at radius 3 is 1.95 bits per heavy atom. The highest BCUT2D eigenvalue weighted by Gasteiger charge is 2.73. The van der Waals surface area contributed by atoms with Crippen LogP contribution < -0.4 is 9.64 Å². The molecule has 0 fully saturated rings. The number of benzene rings is 3. The lowest BCUT2D eigenvalue weighted by atomic mass is 9.99. The van der Waals surface area contributed by atoms with Gasteiger partial charge in [-0.15, -0.1) is 0 Å². The molecule has 3 aromatic carbocycles. The molecule has 0 amide bonds. The van der Waals surface area contributed by atoms with Crippen LogP contribution in [0.25, 0.3) is 0 Å². The van der Waals surface area contributed by atoms with Crippen molar-refractivity contribution < 1.29 is 53.7 Å². The van der Waals surface area contributed by atoms with Crippen molar-refractivity contribution in [3.63, 3.8) is 0 Å². The molecular formula is C26H21F10NO2. The summed E-state index contributed by atoms with van der Waals surface area (Å²) in [5, 5.41) is 9.67. The maximum absolute atomic E-state index is 14.2. The fourth-order valence-corrected chi connectivity index (χ4v) is 3.58. The molecule has 3 rings (SSSR count). The van der Waals surface area contributed by atoms with Gasteiger partial charge in [-0.2, -0.15) is 43.9 Å². The molecule has 0 spiro atoms. The third-order valence-electron chi connectivity index (χ3n) is 5.59. The lowest BCUT2D eigenvalue weighted by Gasteiger charge is -2.30. The second-order valence-corrected chi connectivity index (χ2v) is 8.70. The molecule has 0 saturated heterocycles. The lowest BCUT2D eigenvalue weighted by Crippen LogP contribution is -2.50. The van der Waals surface area contributed by atoms with Crippen molar-refractivity contribution in [2.45, 2.75) is 43.8 Å². The van der Waals surface area contributed by atoms with Crippen LogP contribution in [0.4, 0.5) is 49.6 Å². The zero-order valence-corrected chi connectivity index (χ0v) is 20.0.